The van der Waals surface area contributed by atoms with Crippen LogP contribution in [0.25, 0.3) is 0 Å². The normalized spacial score (nSPS) is 11.5. The summed E-state index contributed by atoms with van der Waals surface area (Å²) in [6.07, 6.45) is 3.28. The molecule has 1 heterocycles. The zero-order valence-electron chi connectivity index (χ0n) is 8.92. The van der Waals surface area contributed by atoms with E-state index >= 15 is 0 Å². The molecule has 5 heteroatoms. The van der Waals surface area contributed by atoms with Gasteiger partial charge in [-0.1, -0.05) is 13.8 Å². The summed E-state index contributed by atoms with van der Waals surface area (Å²) in [6, 6.07) is 0. The van der Waals surface area contributed by atoms with Gasteiger partial charge in [0.15, 0.2) is 0 Å². The summed E-state index contributed by atoms with van der Waals surface area (Å²) in [7, 11) is 0. The smallest absolute Gasteiger partial charge is 0.0750 e. The van der Waals surface area contributed by atoms with Gasteiger partial charge in [0, 0.05) is 24.8 Å². The number of pyridine rings is 1. The van der Waals surface area contributed by atoms with Gasteiger partial charge in [-0.25, -0.2) is 0 Å². The molecule has 84 valence electrons. The Hall–Kier alpha value is -0.810. The summed E-state index contributed by atoms with van der Waals surface area (Å²) in [5, 5.41) is 12.3. The van der Waals surface area contributed by atoms with Gasteiger partial charge < -0.3 is 16.2 Å². The monoisotopic (exact) mass is 273 g/mol. The number of anilines is 2. The minimum Gasteiger partial charge on any atom is -0.396 e. The van der Waals surface area contributed by atoms with Gasteiger partial charge in [-0.15, -0.1) is 0 Å². The lowest BCUT2D eigenvalue weighted by Gasteiger charge is -2.23. The van der Waals surface area contributed by atoms with E-state index in [4.69, 9.17) is 10.8 Å². The zero-order chi connectivity index (χ0) is 11.5. The average Bonchev–Trinajstić information content (AvgIpc) is 2.17. The number of nitrogens with two attached hydrogens (primary N) is 1. The topological polar surface area (TPSA) is 71.2 Å². The van der Waals surface area contributed by atoms with Crippen LogP contribution >= 0.6 is 15.9 Å². The largest absolute Gasteiger partial charge is 0.396 e. The van der Waals surface area contributed by atoms with E-state index in [-0.39, 0.29) is 12.0 Å². The van der Waals surface area contributed by atoms with Crippen molar-refractivity contribution < 1.29 is 5.11 Å². The Bertz CT molecular complexity index is 321. The van der Waals surface area contributed by atoms with Crippen LogP contribution in [0.3, 0.4) is 0 Å². The van der Waals surface area contributed by atoms with Crippen molar-refractivity contribution in [2.75, 3.05) is 24.2 Å². The Morgan fingerprint density at radius 2 is 2.20 bits per heavy atom. The van der Waals surface area contributed by atoms with E-state index in [1.165, 1.54) is 0 Å². The van der Waals surface area contributed by atoms with Gasteiger partial charge in [-0.2, -0.15) is 0 Å². The summed E-state index contributed by atoms with van der Waals surface area (Å²) in [4.78, 5) is 3.95. The molecule has 1 rings (SSSR count). The van der Waals surface area contributed by atoms with Crippen LogP contribution in [0.4, 0.5) is 11.4 Å². The van der Waals surface area contributed by atoms with E-state index in [0.717, 1.165) is 10.2 Å². The lowest BCUT2D eigenvalue weighted by molar-refractivity contribution is 0.171. The van der Waals surface area contributed by atoms with E-state index in [1.54, 1.807) is 12.4 Å². The summed E-state index contributed by atoms with van der Waals surface area (Å²) >= 11 is 3.37. The number of hydrogen-bond donors (Lipinski definition) is 3. The Labute approximate surface area is 98.0 Å². The van der Waals surface area contributed by atoms with E-state index < -0.39 is 0 Å². The summed E-state index contributed by atoms with van der Waals surface area (Å²) < 4.78 is 0.830. The van der Waals surface area contributed by atoms with Crippen LogP contribution in [0.1, 0.15) is 13.8 Å². The average molecular weight is 274 g/mol. The van der Waals surface area contributed by atoms with Gasteiger partial charge in [-0.3, -0.25) is 4.98 Å². The minimum absolute atomic E-state index is 0.128. The molecular weight excluding hydrogens is 258 g/mol. The molecule has 0 unspecified atom stereocenters. The second kappa shape index (κ2) is 4.81. The summed E-state index contributed by atoms with van der Waals surface area (Å²) in [6.45, 7) is 4.73. The van der Waals surface area contributed by atoms with Gasteiger partial charge in [0.25, 0.3) is 0 Å². The standard InChI is InChI=1S/C10H16BrN3O/c1-10(2,6-15)5-14-9-7(11)3-13-4-8(9)12/h3-4,15H,5-6,12H2,1-2H3,(H,13,14). The van der Waals surface area contributed by atoms with Crippen LogP contribution in [0.2, 0.25) is 0 Å². The van der Waals surface area contributed by atoms with Crippen molar-refractivity contribution in [3.8, 4) is 0 Å². The second-order valence-corrected chi connectivity index (χ2v) is 5.12. The van der Waals surface area contributed by atoms with Gasteiger partial charge in [0.05, 0.1) is 22.0 Å². The molecule has 0 bridgehead atoms. The molecule has 0 atom stereocenters. The van der Waals surface area contributed by atoms with Gasteiger partial charge >= 0.3 is 0 Å². The van der Waals surface area contributed by atoms with Crippen LogP contribution in [-0.4, -0.2) is 23.2 Å². The molecule has 15 heavy (non-hydrogen) atoms. The highest BCUT2D eigenvalue weighted by Gasteiger charge is 2.17. The van der Waals surface area contributed by atoms with E-state index in [2.05, 4.69) is 26.2 Å². The number of nitrogens with one attached hydrogen (secondary N) is 1. The summed E-state index contributed by atoms with van der Waals surface area (Å²) in [5.41, 5.74) is 7.02. The lowest BCUT2D eigenvalue weighted by atomic mass is 9.95. The predicted molar refractivity (Wildman–Crippen MR) is 65.7 cm³/mol. The van der Waals surface area contributed by atoms with Gasteiger partial charge in [0.1, 0.15) is 0 Å². The molecule has 0 aliphatic carbocycles. The molecule has 0 aromatic carbocycles. The highest BCUT2D eigenvalue weighted by molar-refractivity contribution is 9.10. The number of aliphatic hydroxyl groups is 1. The fourth-order valence-corrected chi connectivity index (χ4v) is 1.51. The number of nitrogen functional groups attached to an aromatic ring is 1. The van der Waals surface area contributed by atoms with Crippen molar-refractivity contribution in [2.24, 2.45) is 5.41 Å². The first kappa shape index (κ1) is 12.3. The fourth-order valence-electron chi connectivity index (χ4n) is 1.02. The van der Waals surface area contributed by atoms with Crippen molar-refractivity contribution in [1.82, 2.24) is 4.98 Å². The molecule has 1 aromatic rings. The van der Waals surface area contributed by atoms with E-state index in [1.807, 2.05) is 13.8 Å². The number of halogens is 1. The van der Waals surface area contributed by atoms with Crippen LogP contribution in [-0.2, 0) is 0 Å². The molecular formula is C10H16BrN3O. The van der Waals surface area contributed by atoms with Crippen molar-refractivity contribution in [2.45, 2.75) is 13.8 Å². The lowest BCUT2D eigenvalue weighted by Crippen LogP contribution is -2.27. The third-order valence-electron chi connectivity index (χ3n) is 2.10. The van der Waals surface area contributed by atoms with Crippen molar-refractivity contribution >= 4 is 27.3 Å². The van der Waals surface area contributed by atoms with E-state index in [9.17, 15) is 0 Å². The Morgan fingerprint density at radius 3 is 2.73 bits per heavy atom. The summed E-state index contributed by atoms with van der Waals surface area (Å²) in [5.74, 6) is 0. The quantitative estimate of drug-likeness (QED) is 0.783. The molecule has 4 N–H and O–H groups in total. The fraction of sp³-hybridized carbons (Fsp3) is 0.500. The molecule has 0 radical (unpaired) electrons. The highest BCUT2D eigenvalue weighted by atomic mass is 79.9. The molecule has 0 aliphatic rings. The van der Waals surface area contributed by atoms with Crippen molar-refractivity contribution in [1.29, 1.82) is 0 Å². The van der Waals surface area contributed by atoms with Crippen LogP contribution in [0.5, 0.6) is 0 Å². The van der Waals surface area contributed by atoms with Crippen LogP contribution < -0.4 is 11.1 Å². The first-order chi connectivity index (χ1) is 6.96. The number of rotatable bonds is 4. The van der Waals surface area contributed by atoms with Gasteiger partial charge in [0.2, 0.25) is 0 Å². The maximum atomic E-state index is 9.12. The van der Waals surface area contributed by atoms with Crippen LogP contribution in [0, 0.1) is 5.41 Å². The van der Waals surface area contributed by atoms with Crippen LogP contribution in [0.15, 0.2) is 16.9 Å². The minimum atomic E-state index is -0.171. The first-order valence-corrected chi connectivity index (χ1v) is 5.49. The number of nitrogens with zero attached hydrogens (tertiary/aromatic N) is 1. The third-order valence-corrected chi connectivity index (χ3v) is 2.70. The highest BCUT2D eigenvalue weighted by Crippen LogP contribution is 2.28. The SMILES string of the molecule is CC(C)(CO)CNc1c(N)cncc1Br. The van der Waals surface area contributed by atoms with Crippen molar-refractivity contribution in [3.63, 3.8) is 0 Å². The van der Waals surface area contributed by atoms with Gasteiger partial charge in [-0.05, 0) is 15.9 Å². The third kappa shape index (κ3) is 3.35. The molecule has 0 amide bonds. The van der Waals surface area contributed by atoms with E-state index in [0.29, 0.717) is 12.2 Å². The molecule has 0 saturated heterocycles. The maximum Gasteiger partial charge on any atom is 0.0750 e. The molecule has 0 aliphatic heterocycles. The molecule has 0 saturated carbocycles. The molecule has 0 spiro atoms. The molecule has 4 nitrogen and oxygen atoms in total. The number of aromatic nitrogens is 1. The predicted octanol–water partition coefficient (Wildman–Crippen LogP) is 1.86. The Morgan fingerprint density at radius 1 is 1.53 bits per heavy atom. The Balaban J connectivity index is 2.73. The van der Waals surface area contributed by atoms with Crippen molar-refractivity contribution in [3.05, 3.63) is 16.9 Å². The first-order valence-electron chi connectivity index (χ1n) is 4.70. The number of hydrogen-bond acceptors (Lipinski definition) is 4. The Kier molecular flexibility index (Phi) is 3.93. The molecule has 0 fully saturated rings. The second-order valence-electron chi connectivity index (χ2n) is 4.26. The maximum absolute atomic E-state index is 9.12. The number of aliphatic hydroxyl groups excluding tert-OH is 1. The molecule has 1 aromatic heterocycles. The zero-order valence-corrected chi connectivity index (χ0v) is 10.5.